The predicted octanol–water partition coefficient (Wildman–Crippen LogP) is 3.76. The van der Waals surface area contributed by atoms with Crippen LogP contribution >= 0.6 is 34.8 Å². The van der Waals surface area contributed by atoms with Gasteiger partial charge in [0.25, 0.3) is 0 Å². The normalized spacial score (nSPS) is 11.7. The van der Waals surface area contributed by atoms with Crippen molar-refractivity contribution in [2.45, 2.75) is 10.4 Å². The maximum absolute atomic E-state index is 11.1. The molecule has 0 aliphatic heterocycles. The quantitative estimate of drug-likeness (QED) is 0.611. The molecular weight excluding hydrogens is 272 g/mol. The number of hydrogen-bond acceptors (Lipinski definition) is 2. The van der Waals surface area contributed by atoms with Gasteiger partial charge in [-0.05, 0) is 5.56 Å². The average molecular weight is 281 g/mol. The fraction of sp³-hybridized carbons (Fsp3) is 0.200. The molecule has 0 spiro atoms. The lowest BCUT2D eigenvalue weighted by molar-refractivity contribution is 0.151. The number of ether oxygens (including phenoxy) is 1. The second kappa shape index (κ2) is 6.09. The van der Waals surface area contributed by atoms with Crippen LogP contribution in [0.2, 0.25) is 0 Å². The first-order valence-electron chi connectivity index (χ1n) is 4.30. The second-order valence-electron chi connectivity index (χ2n) is 2.84. The molecule has 0 atom stereocenters. The molecule has 0 unspecified atom stereocenters. The Kier molecular flexibility index (Phi) is 5.06. The van der Waals surface area contributed by atoms with E-state index in [2.05, 4.69) is 4.99 Å². The van der Waals surface area contributed by atoms with E-state index in [-0.39, 0.29) is 6.61 Å². The second-order valence-corrected chi connectivity index (χ2v) is 5.21. The van der Waals surface area contributed by atoms with E-state index in [1.165, 1.54) is 0 Å². The Morgan fingerprint density at radius 2 is 1.94 bits per heavy atom. The van der Waals surface area contributed by atoms with Crippen molar-refractivity contribution in [2.75, 3.05) is 0 Å². The Labute approximate surface area is 108 Å². The molecule has 6 heteroatoms. The summed E-state index contributed by atoms with van der Waals surface area (Å²) in [5.41, 5.74) is 0.861. The Morgan fingerprint density at radius 3 is 2.50 bits per heavy atom. The summed E-state index contributed by atoms with van der Waals surface area (Å²) in [4.78, 5) is 14.4. The van der Waals surface area contributed by atoms with Gasteiger partial charge in [-0.3, -0.25) is 0 Å². The van der Waals surface area contributed by atoms with Crippen LogP contribution in [0.1, 0.15) is 5.56 Å². The van der Waals surface area contributed by atoms with E-state index in [9.17, 15) is 4.79 Å². The lowest BCUT2D eigenvalue weighted by Gasteiger charge is -2.03. The van der Waals surface area contributed by atoms with Gasteiger partial charge in [0.15, 0.2) is 0 Å². The summed E-state index contributed by atoms with van der Waals surface area (Å²) in [6.07, 6.45) is 0.0977. The highest BCUT2D eigenvalue weighted by molar-refractivity contribution is 6.74. The molecule has 1 aromatic rings. The van der Waals surface area contributed by atoms with E-state index in [1.807, 2.05) is 30.3 Å². The Morgan fingerprint density at radius 1 is 1.31 bits per heavy atom. The third-order valence-electron chi connectivity index (χ3n) is 1.52. The van der Waals surface area contributed by atoms with Gasteiger partial charge in [-0.15, -0.1) is 0 Å². The van der Waals surface area contributed by atoms with Gasteiger partial charge in [-0.1, -0.05) is 65.1 Å². The summed E-state index contributed by atoms with van der Waals surface area (Å²) in [7, 11) is 0. The molecule has 1 rings (SSSR count). The lowest BCUT2D eigenvalue weighted by atomic mass is 10.2. The molecule has 0 aliphatic rings. The van der Waals surface area contributed by atoms with Crippen molar-refractivity contribution >= 4 is 47.1 Å². The first-order chi connectivity index (χ1) is 7.47. The molecule has 0 aliphatic carbocycles. The topological polar surface area (TPSA) is 38.7 Å². The summed E-state index contributed by atoms with van der Waals surface area (Å²) >= 11 is 16.1. The first-order valence-corrected chi connectivity index (χ1v) is 5.43. The number of aliphatic imine (C=N–C) groups is 1. The molecule has 0 fully saturated rings. The van der Waals surface area contributed by atoms with Crippen LogP contribution in [-0.4, -0.2) is 16.1 Å². The molecule has 0 bridgehead atoms. The molecule has 0 aromatic heterocycles. The van der Waals surface area contributed by atoms with Crippen LogP contribution in [0.25, 0.3) is 0 Å². The van der Waals surface area contributed by atoms with E-state index < -0.39 is 9.89 Å². The molecule has 0 saturated heterocycles. The first kappa shape index (κ1) is 13.3. The van der Waals surface area contributed by atoms with Gasteiger partial charge in [0.2, 0.25) is 3.79 Å². The number of carbonyl (C=O) groups is 1. The minimum Gasteiger partial charge on any atom is -0.443 e. The summed E-state index contributed by atoms with van der Waals surface area (Å²) in [5.74, 6) is 0. The summed E-state index contributed by atoms with van der Waals surface area (Å²) < 4.78 is 3.12. The van der Waals surface area contributed by atoms with Crippen molar-refractivity contribution in [2.24, 2.45) is 4.99 Å². The zero-order valence-electron chi connectivity index (χ0n) is 8.07. The van der Waals surface area contributed by atoms with E-state index in [0.717, 1.165) is 11.8 Å². The number of halogens is 3. The molecule has 1 amide bonds. The molecular formula is C10H8Cl3NO2. The fourth-order valence-electron chi connectivity index (χ4n) is 0.882. The van der Waals surface area contributed by atoms with Gasteiger partial charge in [0.1, 0.15) is 6.61 Å². The Balaban J connectivity index is 2.40. The van der Waals surface area contributed by atoms with E-state index in [4.69, 9.17) is 39.5 Å². The Hall–Kier alpha value is -0.770. The zero-order chi connectivity index (χ0) is 12.0. The average Bonchev–Trinajstić information content (AvgIpc) is 2.24. The highest BCUT2D eigenvalue weighted by Gasteiger charge is 2.16. The van der Waals surface area contributed by atoms with Crippen LogP contribution in [0, 0.1) is 0 Å². The van der Waals surface area contributed by atoms with Crippen molar-refractivity contribution in [3.63, 3.8) is 0 Å². The largest absolute Gasteiger partial charge is 0.443 e. The minimum absolute atomic E-state index is 0.136. The third-order valence-corrected chi connectivity index (χ3v) is 1.81. The summed E-state index contributed by atoms with van der Waals surface area (Å²) in [6, 6.07) is 9.20. The van der Waals surface area contributed by atoms with Crippen LogP contribution in [0.3, 0.4) is 0 Å². The van der Waals surface area contributed by atoms with Gasteiger partial charge in [-0.25, -0.2) is 4.79 Å². The molecule has 0 N–H and O–H groups in total. The van der Waals surface area contributed by atoms with Crippen LogP contribution in [-0.2, 0) is 11.3 Å². The summed E-state index contributed by atoms with van der Waals surface area (Å²) in [6.45, 7) is 0.136. The van der Waals surface area contributed by atoms with Crippen molar-refractivity contribution in [3.05, 3.63) is 35.9 Å². The van der Waals surface area contributed by atoms with Crippen LogP contribution in [0.15, 0.2) is 35.3 Å². The van der Waals surface area contributed by atoms with Crippen LogP contribution in [0.5, 0.6) is 0 Å². The molecule has 16 heavy (non-hydrogen) atoms. The predicted molar refractivity (Wildman–Crippen MR) is 65.4 cm³/mol. The van der Waals surface area contributed by atoms with Crippen molar-refractivity contribution in [1.82, 2.24) is 0 Å². The number of rotatable bonds is 2. The molecule has 0 radical (unpaired) electrons. The van der Waals surface area contributed by atoms with E-state index in [0.29, 0.717) is 0 Å². The fourth-order valence-corrected chi connectivity index (χ4v) is 1.03. The maximum Gasteiger partial charge on any atom is 0.433 e. The highest BCUT2D eigenvalue weighted by Crippen LogP contribution is 2.22. The minimum atomic E-state index is -1.69. The van der Waals surface area contributed by atoms with Crippen molar-refractivity contribution < 1.29 is 9.53 Å². The number of hydrogen-bond donors (Lipinski definition) is 0. The zero-order valence-corrected chi connectivity index (χ0v) is 10.3. The highest BCUT2D eigenvalue weighted by atomic mass is 35.6. The molecule has 0 heterocycles. The lowest BCUT2D eigenvalue weighted by Crippen LogP contribution is -2.07. The Bertz CT molecular complexity index is 373. The van der Waals surface area contributed by atoms with Gasteiger partial charge in [-0.2, -0.15) is 4.99 Å². The third kappa shape index (κ3) is 5.95. The van der Waals surface area contributed by atoms with Crippen molar-refractivity contribution in [3.8, 4) is 0 Å². The standard InChI is InChI=1S/C10H8Cl3NO2/c11-10(12,13)7-14-9(15)16-6-8-4-2-1-3-5-8/h1-5,7H,6H2. The number of carbonyl (C=O) groups excluding carboxylic acids is 1. The molecule has 1 aromatic carbocycles. The number of alkyl halides is 3. The maximum atomic E-state index is 11.1. The molecule has 3 nitrogen and oxygen atoms in total. The number of benzene rings is 1. The monoisotopic (exact) mass is 279 g/mol. The summed E-state index contributed by atoms with van der Waals surface area (Å²) in [5, 5.41) is 0. The molecule has 86 valence electrons. The van der Waals surface area contributed by atoms with Crippen LogP contribution < -0.4 is 0 Å². The number of amides is 1. The van der Waals surface area contributed by atoms with E-state index in [1.54, 1.807) is 0 Å². The smallest absolute Gasteiger partial charge is 0.433 e. The van der Waals surface area contributed by atoms with Crippen LogP contribution in [0.4, 0.5) is 4.79 Å². The van der Waals surface area contributed by atoms with Gasteiger partial charge in [0, 0.05) is 0 Å². The van der Waals surface area contributed by atoms with Crippen molar-refractivity contribution in [1.29, 1.82) is 0 Å². The molecule has 0 saturated carbocycles. The van der Waals surface area contributed by atoms with Gasteiger partial charge < -0.3 is 4.74 Å². The van der Waals surface area contributed by atoms with E-state index >= 15 is 0 Å². The SMILES string of the molecule is O=C(N=CC(Cl)(Cl)Cl)OCc1ccccc1. The van der Waals surface area contributed by atoms with Gasteiger partial charge >= 0.3 is 6.09 Å². The van der Waals surface area contributed by atoms with Gasteiger partial charge in [0.05, 0.1) is 6.21 Å². The number of nitrogens with zero attached hydrogens (tertiary/aromatic N) is 1.